The number of benzene rings is 1. The molecule has 0 aliphatic rings. The Balaban J connectivity index is 2.17. The third kappa shape index (κ3) is 1.79. The molecule has 0 aliphatic carbocycles. The van der Waals surface area contributed by atoms with Crippen LogP contribution < -0.4 is 0 Å². The Morgan fingerprint density at radius 1 is 1.18 bits per heavy atom. The van der Waals surface area contributed by atoms with Gasteiger partial charge in [-0.05, 0) is 16.9 Å². The largest absolute Gasteiger partial charge is 0.382 e. The van der Waals surface area contributed by atoms with Crippen LogP contribution in [0.1, 0.15) is 17.4 Å². The molecule has 1 atom stereocenters. The molecule has 0 saturated heterocycles. The molecule has 0 amide bonds. The Morgan fingerprint density at radius 2 is 2.06 bits per heavy atom. The standard InChI is InChI=1S/C12H9N3OS/c16-12(11-7-17-15-14-11)10-6-13-5-8-3-1-2-4-9(8)10/h1-7,12,16H. The minimum atomic E-state index is -0.771. The number of nitrogens with zero attached hydrogens (tertiary/aromatic N) is 3. The van der Waals surface area contributed by atoms with Crippen LogP contribution in [-0.2, 0) is 0 Å². The van der Waals surface area contributed by atoms with Gasteiger partial charge in [0.15, 0.2) is 0 Å². The molecule has 5 heteroatoms. The van der Waals surface area contributed by atoms with E-state index in [1.54, 1.807) is 17.8 Å². The smallest absolute Gasteiger partial charge is 0.126 e. The van der Waals surface area contributed by atoms with Crippen molar-refractivity contribution < 1.29 is 5.11 Å². The van der Waals surface area contributed by atoms with E-state index in [0.717, 1.165) is 16.3 Å². The van der Waals surface area contributed by atoms with E-state index in [9.17, 15) is 5.11 Å². The Kier molecular flexibility index (Phi) is 2.55. The third-order valence-corrected chi connectivity index (χ3v) is 3.17. The average Bonchev–Trinajstić information content (AvgIpc) is 2.91. The molecule has 0 fully saturated rings. The lowest BCUT2D eigenvalue weighted by Gasteiger charge is -2.10. The topological polar surface area (TPSA) is 58.9 Å². The van der Waals surface area contributed by atoms with Crippen LogP contribution in [0.5, 0.6) is 0 Å². The molecule has 17 heavy (non-hydrogen) atoms. The summed E-state index contributed by atoms with van der Waals surface area (Å²) in [6, 6.07) is 7.83. The van der Waals surface area contributed by atoms with Crippen LogP contribution in [0.3, 0.4) is 0 Å². The van der Waals surface area contributed by atoms with Gasteiger partial charge in [0.25, 0.3) is 0 Å². The first-order chi connectivity index (χ1) is 8.36. The number of aliphatic hydroxyl groups is 1. The summed E-state index contributed by atoms with van der Waals surface area (Å²) in [5.74, 6) is 0. The summed E-state index contributed by atoms with van der Waals surface area (Å²) in [7, 11) is 0. The Labute approximate surface area is 102 Å². The van der Waals surface area contributed by atoms with Gasteiger partial charge in [0.1, 0.15) is 11.8 Å². The Hall–Kier alpha value is -1.85. The number of aromatic nitrogens is 3. The molecule has 2 aromatic heterocycles. The highest BCUT2D eigenvalue weighted by Gasteiger charge is 2.16. The second-order valence-electron chi connectivity index (χ2n) is 3.68. The maximum Gasteiger partial charge on any atom is 0.126 e. The molecule has 2 heterocycles. The van der Waals surface area contributed by atoms with Crippen LogP contribution in [0.15, 0.2) is 42.0 Å². The van der Waals surface area contributed by atoms with E-state index in [-0.39, 0.29) is 0 Å². The average molecular weight is 243 g/mol. The highest BCUT2D eigenvalue weighted by Crippen LogP contribution is 2.27. The van der Waals surface area contributed by atoms with Crippen LogP contribution >= 0.6 is 11.5 Å². The maximum atomic E-state index is 10.2. The number of hydrogen-bond donors (Lipinski definition) is 1. The van der Waals surface area contributed by atoms with Crippen LogP contribution in [-0.4, -0.2) is 19.7 Å². The van der Waals surface area contributed by atoms with Crippen LogP contribution in [0, 0.1) is 0 Å². The lowest BCUT2D eigenvalue weighted by atomic mass is 10.0. The van der Waals surface area contributed by atoms with Crippen molar-refractivity contribution in [2.45, 2.75) is 6.10 Å². The zero-order valence-electron chi connectivity index (χ0n) is 8.82. The molecule has 84 valence electrons. The highest BCUT2D eigenvalue weighted by molar-refractivity contribution is 7.03. The van der Waals surface area contributed by atoms with Crippen molar-refractivity contribution in [2.24, 2.45) is 0 Å². The first kappa shape index (κ1) is 10.3. The lowest BCUT2D eigenvalue weighted by Crippen LogP contribution is -2.01. The van der Waals surface area contributed by atoms with Gasteiger partial charge in [-0.2, -0.15) is 0 Å². The quantitative estimate of drug-likeness (QED) is 0.749. The second-order valence-corrected chi connectivity index (χ2v) is 4.29. The fraction of sp³-hybridized carbons (Fsp3) is 0.0833. The van der Waals surface area contributed by atoms with E-state index in [2.05, 4.69) is 14.6 Å². The minimum Gasteiger partial charge on any atom is -0.382 e. The summed E-state index contributed by atoms with van der Waals surface area (Å²) in [6.07, 6.45) is 2.68. The molecule has 0 aliphatic heterocycles. The molecule has 0 bridgehead atoms. The molecule has 1 N–H and O–H groups in total. The predicted octanol–water partition coefficient (Wildman–Crippen LogP) is 2.17. The van der Waals surface area contributed by atoms with Gasteiger partial charge in [0.05, 0.1) is 0 Å². The van der Waals surface area contributed by atoms with Crippen LogP contribution in [0.25, 0.3) is 10.8 Å². The summed E-state index contributed by atoms with van der Waals surface area (Å²) in [5, 5.41) is 17.9. The maximum absolute atomic E-state index is 10.2. The van der Waals surface area contributed by atoms with Crippen molar-refractivity contribution in [3.63, 3.8) is 0 Å². The van der Waals surface area contributed by atoms with E-state index in [0.29, 0.717) is 5.69 Å². The van der Waals surface area contributed by atoms with Gasteiger partial charge < -0.3 is 5.11 Å². The summed E-state index contributed by atoms with van der Waals surface area (Å²) >= 11 is 1.23. The SMILES string of the molecule is OC(c1csnn1)c1cncc2ccccc12. The van der Waals surface area contributed by atoms with Gasteiger partial charge in [-0.25, -0.2) is 0 Å². The molecule has 4 nitrogen and oxygen atoms in total. The second kappa shape index (κ2) is 4.20. The van der Waals surface area contributed by atoms with E-state index < -0.39 is 6.10 Å². The summed E-state index contributed by atoms with van der Waals surface area (Å²) in [5.41, 5.74) is 1.32. The van der Waals surface area contributed by atoms with Gasteiger partial charge in [-0.15, -0.1) is 5.10 Å². The van der Waals surface area contributed by atoms with Crippen molar-refractivity contribution in [3.05, 3.63) is 53.3 Å². The van der Waals surface area contributed by atoms with Gasteiger partial charge in [0.2, 0.25) is 0 Å². The molecule has 1 unspecified atom stereocenters. The molecule has 0 radical (unpaired) electrons. The number of pyridine rings is 1. The highest BCUT2D eigenvalue weighted by atomic mass is 32.1. The Bertz CT molecular complexity index is 634. The zero-order chi connectivity index (χ0) is 11.7. The summed E-state index contributed by atoms with van der Waals surface area (Å²) in [4.78, 5) is 4.14. The van der Waals surface area contributed by atoms with E-state index in [4.69, 9.17) is 0 Å². The molecule has 3 rings (SSSR count). The van der Waals surface area contributed by atoms with Gasteiger partial charge in [-0.3, -0.25) is 4.98 Å². The first-order valence-corrected chi connectivity index (χ1v) is 5.97. The number of fused-ring (bicyclic) bond motifs is 1. The molecule has 0 saturated carbocycles. The number of rotatable bonds is 2. The van der Waals surface area contributed by atoms with Gasteiger partial charge in [0, 0.05) is 28.7 Å². The van der Waals surface area contributed by atoms with Crippen molar-refractivity contribution in [1.82, 2.24) is 14.6 Å². The van der Waals surface area contributed by atoms with E-state index in [1.165, 1.54) is 11.5 Å². The molecule has 1 aromatic carbocycles. The van der Waals surface area contributed by atoms with Gasteiger partial charge in [-0.1, -0.05) is 28.8 Å². The first-order valence-electron chi connectivity index (χ1n) is 5.14. The molecular formula is C12H9N3OS. The molecular weight excluding hydrogens is 234 g/mol. The minimum absolute atomic E-state index is 0.563. The van der Waals surface area contributed by atoms with Crippen molar-refractivity contribution in [3.8, 4) is 0 Å². The fourth-order valence-corrected chi connectivity index (χ4v) is 2.28. The van der Waals surface area contributed by atoms with Gasteiger partial charge >= 0.3 is 0 Å². The predicted molar refractivity (Wildman–Crippen MR) is 65.7 cm³/mol. The lowest BCUT2D eigenvalue weighted by molar-refractivity contribution is 0.216. The van der Waals surface area contributed by atoms with E-state index >= 15 is 0 Å². The summed E-state index contributed by atoms with van der Waals surface area (Å²) in [6.45, 7) is 0. The van der Waals surface area contributed by atoms with Crippen molar-refractivity contribution >= 4 is 22.3 Å². The molecule has 3 aromatic rings. The van der Waals surface area contributed by atoms with Crippen molar-refractivity contribution in [1.29, 1.82) is 0 Å². The summed E-state index contributed by atoms with van der Waals surface area (Å²) < 4.78 is 3.76. The zero-order valence-corrected chi connectivity index (χ0v) is 9.63. The van der Waals surface area contributed by atoms with E-state index in [1.807, 2.05) is 24.3 Å². The fourth-order valence-electron chi connectivity index (χ4n) is 1.81. The molecule has 0 spiro atoms. The Morgan fingerprint density at radius 3 is 2.88 bits per heavy atom. The monoisotopic (exact) mass is 243 g/mol. The normalized spacial score (nSPS) is 12.8. The number of hydrogen-bond acceptors (Lipinski definition) is 5. The third-order valence-electron chi connectivity index (χ3n) is 2.65. The van der Waals surface area contributed by atoms with Crippen LogP contribution in [0.4, 0.5) is 0 Å². The number of aliphatic hydroxyl groups excluding tert-OH is 1. The van der Waals surface area contributed by atoms with Crippen molar-refractivity contribution in [2.75, 3.05) is 0 Å². The van der Waals surface area contributed by atoms with Crippen LogP contribution in [0.2, 0.25) is 0 Å².